The molecule has 8 N–H and O–H groups in total. The first-order valence-corrected chi connectivity index (χ1v) is 31.8. The van der Waals surface area contributed by atoms with Gasteiger partial charge in [-0.2, -0.15) is 41.3 Å². The fraction of sp³-hybridized carbons (Fsp3) is 0.133. The first-order valence-electron chi connectivity index (χ1n) is 27.7. The van der Waals surface area contributed by atoms with Gasteiger partial charge in [0.25, 0.3) is 65.1 Å². The van der Waals surface area contributed by atoms with Crippen molar-refractivity contribution < 1.29 is 162 Å². The van der Waals surface area contributed by atoms with Gasteiger partial charge in [0.2, 0.25) is 0 Å². The molecule has 36 nitrogen and oxygen atoms in total. The van der Waals surface area contributed by atoms with Crippen LogP contribution in [0.15, 0.2) is 198 Å². The molecule has 0 bridgehead atoms. The first kappa shape index (κ1) is 95.3. The number of nitro groups is 3. The van der Waals surface area contributed by atoms with Gasteiger partial charge in [-0.05, 0) is 111 Å². The number of nitrogens with two attached hydrogens (primary N) is 3. The number of nitrogen functional groups attached to an aromatic ring is 1. The van der Waals surface area contributed by atoms with E-state index in [1.807, 2.05) is 18.2 Å². The molecule has 3 aromatic heterocycles. The standard InChI is InChI=1S/C16H12F3N3O4S.C9H9N3O5.C9H7N3O4.C9H9N3O2.C7H4ClF3O2S.C7H4ClNO3.C2H6N2O.CH4.HI.K.H/c1-25-15-20-14(26-21-15)12-7-2-3-8-13(12)22-27(23,24)11-6-4-5-10(9-11)16(17,18)19;1-16-9(10)11-17-8(13)6-4-2-3-5-7(6)12(14)15;1-15-9-10-8(16-11-9)6-4-2-3-5-7(6)12(13)14;1-13-9-11-8(14-12-9)6-4-2-3-5-7(6)10;8-14(12,13)6-3-1-2-5(4-6)7(9,10)11;8-7(10)5-3-1-2-4-6(5)9(11)12;1-5-2(3)4;;;;/h2-9,22H,1H3;2-5H,1H3,(H2,10,11);2-5H,1H3;2-5H,10H2,1H3;1-4H;1-4H;1H3,(H3,3,4);1H4;1H;;/q;;;;;;;;;+1;-1. The maximum atomic E-state index is 12.8. The molecule has 3 heterocycles. The summed E-state index contributed by atoms with van der Waals surface area (Å²) in [5.74, 6) is -0.587. The van der Waals surface area contributed by atoms with Crippen molar-refractivity contribution in [3.63, 3.8) is 0 Å². The number of alkyl halides is 6. The number of oxime groups is 1. The molecule has 0 aliphatic heterocycles. The van der Waals surface area contributed by atoms with Crippen molar-refractivity contribution in [3.8, 4) is 52.4 Å². The average molecular weight is 1740 g/mol. The van der Waals surface area contributed by atoms with Gasteiger partial charge in [0.15, 0.2) is 0 Å². The number of sulfonamides is 1. The van der Waals surface area contributed by atoms with E-state index in [1.165, 1.54) is 108 Å². The Kier molecular flexibility index (Phi) is 39.7. The summed E-state index contributed by atoms with van der Waals surface area (Å²) in [4.78, 5) is 67.0. The number of aromatic nitrogens is 6. The van der Waals surface area contributed by atoms with E-state index in [0.29, 0.717) is 29.3 Å². The van der Waals surface area contributed by atoms with E-state index in [9.17, 15) is 83.1 Å². The van der Waals surface area contributed by atoms with Crippen LogP contribution >= 0.6 is 46.3 Å². The third-order valence-corrected chi connectivity index (χ3v) is 14.8. The minimum Gasteiger partial charge on any atom is -1.00 e. The molecule has 0 amide bonds. The van der Waals surface area contributed by atoms with Gasteiger partial charge < -0.3 is 60.7 Å². The topological polar surface area (TPSA) is 530 Å². The zero-order valence-corrected chi connectivity index (χ0v) is 63.8. The third-order valence-electron chi connectivity index (χ3n) is 11.9. The van der Waals surface area contributed by atoms with Crippen molar-refractivity contribution in [1.29, 1.82) is 5.41 Å². The Balaban J connectivity index is 0.00000128. The predicted octanol–water partition coefficient (Wildman–Crippen LogP) is 9.68. The molecule has 0 saturated heterocycles. The summed E-state index contributed by atoms with van der Waals surface area (Å²) in [6.45, 7) is 0. The summed E-state index contributed by atoms with van der Waals surface area (Å²) in [6, 6.07) is 36.6. The SMILES string of the molecule is C.CO/C(N)=N\OC(=O)c1ccccc1[N+](=O)[O-].COC(=N)N.COc1noc(-c2ccccc2N)n1.COc1noc(-c2ccccc2NS(=O)(=O)c2cccc(C(F)(F)F)c2)n1.COc1noc(-c2ccccc2[N+](=O)[O-])n1.I.O=C(Cl)c1ccccc1[N+](=O)[O-].O=S(=O)(Cl)c1cccc(C(F)(F)F)c1.[H-].[K+]. The summed E-state index contributed by atoms with van der Waals surface area (Å²) < 4.78 is 161. The van der Waals surface area contributed by atoms with Crippen molar-refractivity contribution in [1.82, 2.24) is 30.4 Å². The van der Waals surface area contributed by atoms with Crippen LogP contribution in [0.4, 0.5) is 54.8 Å². The molecule has 0 unspecified atom stereocenters. The molecule has 48 heteroatoms. The number of halogens is 9. The molecule has 0 radical (unpaired) electrons. The van der Waals surface area contributed by atoms with Gasteiger partial charge in [0.05, 0.1) is 88.1 Å². The van der Waals surface area contributed by atoms with E-state index in [4.69, 9.17) is 66.9 Å². The summed E-state index contributed by atoms with van der Waals surface area (Å²) in [5.41, 5.74) is 14.2. The monoisotopic (exact) mass is 1740 g/mol. The third kappa shape index (κ3) is 30.3. The Morgan fingerprint density at radius 2 is 0.935 bits per heavy atom. The van der Waals surface area contributed by atoms with Crippen LogP contribution in [0.2, 0.25) is 0 Å². The Labute approximate surface area is 676 Å². The van der Waals surface area contributed by atoms with Crippen molar-refractivity contribution in [2.45, 2.75) is 29.6 Å². The van der Waals surface area contributed by atoms with Gasteiger partial charge in [-0.25, -0.2) is 21.6 Å². The number of carbonyl (C=O) groups excluding carboxylic acids is 2. The predicted molar refractivity (Wildman–Crippen MR) is 379 cm³/mol. The molecule has 0 spiro atoms. The molecule has 0 fully saturated rings. The van der Waals surface area contributed by atoms with E-state index < -0.39 is 78.3 Å². The number of nitrogens with zero attached hydrogens (tertiary/aromatic N) is 10. The number of hydrogen-bond acceptors (Lipinski definition) is 30. The van der Waals surface area contributed by atoms with Crippen LogP contribution < -0.4 is 87.5 Å². The molecule has 108 heavy (non-hydrogen) atoms. The smallest absolute Gasteiger partial charge is 1.00 e. The van der Waals surface area contributed by atoms with Crippen LogP contribution in [-0.4, -0.2) is 121 Å². The normalized spacial score (nSPS) is 10.5. The number of ether oxygens (including phenoxy) is 5. The zero-order valence-electron chi connectivity index (χ0n) is 56.2. The number of nitrogens with one attached hydrogen (secondary N) is 2. The Bertz CT molecular complexity index is 4910. The van der Waals surface area contributed by atoms with Gasteiger partial charge in [-0.1, -0.05) is 80.2 Å². The van der Waals surface area contributed by atoms with Crippen molar-refractivity contribution >= 4 is 117 Å². The Morgan fingerprint density at radius 1 is 0.565 bits per heavy atom. The van der Waals surface area contributed by atoms with E-state index >= 15 is 0 Å². The molecule has 0 aliphatic carbocycles. The number of methoxy groups -OCH3 is 5. The number of anilines is 2. The quantitative estimate of drug-likeness (QED) is 0.00573. The number of amidine groups is 2. The molecule has 0 saturated carbocycles. The van der Waals surface area contributed by atoms with Crippen LogP contribution in [-0.2, 0) is 45.7 Å². The fourth-order valence-electron chi connectivity index (χ4n) is 7.12. The molecule has 7 aromatic carbocycles. The molecule has 0 atom stereocenters. The van der Waals surface area contributed by atoms with Crippen LogP contribution in [0.1, 0.15) is 40.7 Å². The second-order valence-electron chi connectivity index (χ2n) is 18.7. The molecular weight excluding hydrogens is 1680 g/mol. The van der Waals surface area contributed by atoms with Gasteiger partial charge in [-0.3, -0.25) is 45.3 Å². The molecule has 0 aliphatic rings. The van der Waals surface area contributed by atoms with E-state index in [2.05, 4.69) is 60.3 Å². The zero-order chi connectivity index (χ0) is 78.4. The summed E-state index contributed by atoms with van der Waals surface area (Å²) in [7, 11) is 3.25. The van der Waals surface area contributed by atoms with Crippen molar-refractivity contribution in [2.75, 3.05) is 46.0 Å². The minimum absolute atomic E-state index is 0. The van der Waals surface area contributed by atoms with Gasteiger partial charge >= 0.3 is 93.8 Å². The molecule has 574 valence electrons. The van der Waals surface area contributed by atoms with Gasteiger partial charge in [-0.15, -0.1) is 24.0 Å². The number of carbonyl (C=O) groups is 2. The average Bonchev–Trinajstić information content (AvgIpc) is 1.66. The summed E-state index contributed by atoms with van der Waals surface area (Å²) in [5, 5.41) is 50.9. The van der Waals surface area contributed by atoms with Crippen LogP contribution in [0.3, 0.4) is 0 Å². The number of rotatable bonds is 16. The van der Waals surface area contributed by atoms with Crippen LogP contribution in [0, 0.1) is 35.8 Å². The number of para-hydroxylation sites is 5. The minimum atomic E-state index is -4.66. The van der Waals surface area contributed by atoms with Gasteiger partial charge in [0, 0.05) is 34.6 Å². The first-order chi connectivity index (χ1) is 49.4. The van der Waals surface area contributed by atoms with E-state index in [0.717, 1.165) is 36.4 Å². The van der Waals surface area contributed by atoms with Crippen molar-refractivity contribution in [2.24, 2.45) is 16.6 Å². The number of benzene rings is 7. The summed E-state index contributed by atoms with van der Waals surface area (Å²) >= 11 is 5.11. The van der Waals surface area contributed by atoms with Crippen molar-refractivity contribution in [3.05, 3.63) is 222 Å². The molecule has 10 rings (SSSR count). The molecular formula is C60H57Cl2F6IKN15O21S2. The summed E-state index contributed by atoms with van der Waals surface area (Å²) in [6.07, 6.45) is -9.23. The van der Waals surface area contributed by atoms with E-state index in [1.54, 1.807) is 30.3 Å². The Hall–Kier alpha value is -10.7. The largest absolute Gasteiger partial charge is 1.00 e. The van der Waals surface area contributed by atoms with E-state index in [-0.39, 0.29) is 171 Å². The van der Waals surface area contributed by atoms with Gasteiger partial charge in [0.1, 0.15) is 16.7 Å². The fourth-order valence-corrected chi connectivity index (χ4v) is 9.20. The maximum Gasteiger partial charge on any atom is 1.00 e. The maximum absolute atomic E-state index is 12.8. The second kappa shape index (κ2) is 45.0. The Morgan fingerprint density at radius 3 is 1.33 bits per heavy atom. The number of hydrogen-bond donors (Lipinski definition) is 5. The molecule has 10 aromatic rings. The second-order valence-corrected chi connectivity index (χ2v) is 23.3. The van der Waals surface area contributed by atoms with Crippen LogP contribution in [0.5, 0.6) is 18.0 Å². The number of nitro benzene ring substituents is 3. The van der Waals surface area contributed by atoms with Crippen LogP contribution in [0.25, 0.3) is 34.4 Å².